The maximum absolute atomic E-state index is 12.1. The van der Waals surface area contributed by atoms with Crippen LogP contribution in [0, 0.1) is 5.92 Å². The number of carbonyl (C=O) groups is 2. The number of methoxy groups -OCH3 is 1. The topological polar surface area (TPSA) is 90.9 Å². The molecule has 1 aromatic rings. The summed E-state index contributed by atoms with van der Waals surface area (Å²) in [6, 6.07) is 7.26. The molecule has 0 radical (unpaired) electrons. The van der Waals surface area contributed by atoms with Gasteiger partial charge in [-0.1, -0.05) is 0 Å². The van der Waals surface area contributed by atoms with Crippen molar-refractivity contribution in [3.63, 3.8) is 0 Å². The van der Waals surface area contributed by atoms with Crippen molar-refractivity contribution >= 4 is 17.7 Å². The van der Waals surface area contributed by atoms with Gasteiger partial charge >= 0.3 is 12.0 Å². The van der Waals surface area contributed by atoms with E-state index in [1.54, 1.807) is 31.4 Å². The molecule has 2 aliphatic carbocycles. The zero-order valence-electron chi connectivity index (χ0n) is 14.4. The number of ether oxygens (including phenoxy) is 1. The minimum Gasteiger partial charge on any atom is -0.497 e. The van der Waals surface area contributed by atoms with E-state index >= 15 is 0 Å². The van der Waals surface area contributed by atoms with Gasteiger partial charge in [-0.15, -0.1) is 0 Å². The highest BCUT2D eigenvalue weighted by Crippen LogP contribution is 2.33. The smallest absolute Gasteiger partial charge is 0.319 e. The highest BCUT2D eigenvalue weighted by Gasteiger charge is 2.37. The number of hydrogen-bond donors (Lipinski definition) is 3. The number of nitrogens with zero attached hydrogens (tertiary/aromatic N) is 1. The summed E-state index contributed by atoms with van der Waals surface area (Å²) in [5.41, 5.74) is 0.704. The fraction of sp³-hybridized carbons (Fsp3) is 0.556. The first-order chi connectivity index (χ1) is 12.0. The van der Waals surface area contributed by atoms with Crippen LogP contribution in [-0.2, 0) is 4.79 Å². The van der Waals surface area contributed by atoms with Crippen molar-refractivity contribution in [1.82, 2.24) is 10.2 Å². The summed E-state index contributed by atoms with van der Waals surface area (Å²) in [4.78, 5) is 25.1. The molecule has 2 amide bonds. The summed E-state index contributed by atoms with van der Waals surface area (Å²) in [6.07, 6.45) is 4.01. The van der Waals surface area contributed by atoms with E-state index in [-0.39, 0.29) is 24.7 Å². The molecule has 3 rings (SSSR count). The van der Waals surface area contributed by atoms with E-state index in [1.165, 1.54) is 12.8 Å². The Morgan fingerprint density at radius 3 is 2.48 bits per heavy atom. The van der Waals surface area contributed by atoms with Crippen molar-refractivity contribution in [2.24, 2.45) is 5.92 Å². The molecule has 3 N–H and O–H groups in total. The molecule has 0 aromatic heterocycles. The van der Waals surface area contributed by atoms with Crippen LogP contribution in [0.5, 0.6) is 5.75 Å². The quantitative estimate of drug-likeness (QED) is 0.670. The first-order valence-corrected chi connectivity index (χ1v) is 8.71. The highest BCUT2D eigenvalue weighted by molar-refractivity contribution is 5.89. The van der Waals surface area contributed by atoms with Gasteiger partial charge in [0.15, 0.2) is 0 Å². The van der Waals surface area contributed by atoms with E-state index in [2.05, 4.69) is 15.5 Å². The first-order valence-electron chi connectivity index (χ1n) is 8.71. The van der Waals surface area contributed by atoms with Gasteiger partial charge < -0.3 is 20.5 Å². The van der Waals surface area contributed by atoms with Gasteiger partial charge in [-0.25, -0.2) is 4.79 Å². The number of anilines is 1. The van der Waals surface area contributed by atoms with Gasteiger partial charge in [0.05, 0.1) is 13.7 Å². The molecule has 136 valence electrons. The molecule has 25 heavy (non-hydrogen) atoms. The number of urea groups is 1. The number of benzene rings is 1. The number of nitrogens with one attached hydrogen (secondary N) is 2. The van der Waals surface area contributed by atoms with Crippen molar-refractivity contribution in [1.29, 1.82) is 0 Å². The standard InChI is InChI=1S/C18H25N3O4/c1-25-16-6-4-13(5-7-16)19-18(24)20-14-8-15(9-14)21(11-17(22)23)10-12-2-3-12/h4-7,12,14-15H,2-3,8-11H2,1H3,(H,22,23)(H2,19,20,24). The number of carbonyl (C=O) groups excluding carboxylic acids is 1. The SMILES string of the molecule is COc1ccc(NC(=O)NC2CC(N(CC(=O)O)CC3CC3)C2)cc1. The Kier molecular flexibility index (Phi) is 5.43. The number of carboxylic acids is 1. The van der Waals surface area contributed by atoms with Gasteiger partial charge in [-0.2, -0.15) is 0 Å². The molecule has 2 saturated carbocycles. The Hall–Kier alpha value is -2.28. The summed E-state index contributed by atoms with van der Waals surface area (Å²) >= 11 is 0. The summed E-state index contributed by atoms with van der Waals surface area (Å²) < 4.78 is 5.08. The predicted octanol–water partition coefficient (Wildman–Crippen LogP) is 2.14. The summed E-state index contributed by atoms with van der Waals surface area (Å²) in [6.45, 7) is 0.952. The molecule has 0 aliphatic heterocycles. The lowest BCUT2D eigenvalue weighted by atomic mass is 9.85. The van der Waals surface area contributed by atoms with Crippen LogP contribution < -0.4 is 15.4 Å². The van der Waals surface area contributed by atoms with E-state index in [4.69, 9.17) is 9.84 Å². The second-order valence-corrected chi connectivity index (χ2v) is 6.92. The Labute approximate surface area is 147 Å². The molecule has 0 atom stereocenters. The summed E-state index contributed by atoms with van der Waals surface area (Å²) in [7, 11) is 1.60. The number of amides is 2. The second-order valence-electron chi connectivity index (χ2n) is 6.92. The normalized spacial score (nSPS) is 22.2. The third-order valence-corrected chi connectivity index (χ3v) is 4.84. The lowest BCUT2D eigenvalue weighted by Crippen LogP contribution is -2.55. The lowest BCUT2D eigenvalue weighted by Gasteiger charge is -2.42. The van der Waals surface area contributed by atoms with Crippen LogP contribution in [0.3, 0.4) is 0 Å². The van der Waals surface area contributed by atoms with Crippen LogP contribution in [0.2, 0.25) is 0 Å². The van der Waals surface area contributed by atoms with Gasteiger partial charge in [0.25, 0.3) is 0 Å². The number of hydrogen-bond acceptors (Lipinski definition) is 4. The van der Waals surface area contributed by atoms with E-state index in [9.17, 15) is 9.59 Å². The Balaban J connectivity index is 1.42. The van der Waals surface area contributed by atoms with Crippen LogP contribution in [0.1, 0.15) is 25.7 Å². The predicted molar refractivity (Wildman–Crippen MR) is 93.9 cm³/mol. The highest BCUT2D eigenvalue weighted by atomic mass is 16.5. The van der Waals surface area contributed by atoms with E-state index in [1.807, 2.05) is 0 Å². The van der Waals surface area contributed by atoms with Crippen LogP contribution in [0.4, 0.5) is 10.5 Å². The van der Waals surface area contributed by atoms with Crippen molar-refractivity contribution in [3.8, 4) is 5.75 Å². The fourth-order valence-electron chi connectivity index (χ4n) is 3.18. The summed E-state index contributed by atoms with van der Waals surface area (Å²) in [5.74, 6) is 0.612. The maximum Gasteiger partial charge on any atom is 0.319 e. The molecule has 0 saturated heterocycles. The molecule has 7 nitrogen and oxygen atoms in total. The molecular weight excluding hydrogens is 322 g/mol. The third kappa shape index (κ3) is 5.09. The maximum atomic E-state index is 12.1. The molecule has 0 heterocycles. The minimum atomic E-state index is -0.783. The zero-order chi connectivity index (χ0) is 17.8. The van der Waals surface area contributed by atoms with E-state index in [0.717, 1.165) is 25.1 Å². The minimum absolute atomic E-state index is 0.0892. The molecule has 7 heteroatoms. The monoisotopic (exact) mass is 347 g/mol. The lowest BCUT2D eigenvalue weighted by molar-refractivity contribution is -0.139. The number of rotatable bonds is 8. The van der Waals surface area contributed by atoms with Gasteiger partial charge in [0, 0.05) is 24.3 Å². The average Bonchev–Trinajstić information content (AvgIpc) is 3.34. The van der Waals surface area contributed by atoms with Crippen molar-refractivity contribution in [3.05, 3.63) is 24.3 Å². The van der Waals surface area contributed by atoms with Gasteiger partial charge in [-0.05, 0) is 55.9 Å². The van der Waals surface area contributed by atoms with Crippen molar-refractivity contribution in [2.45, 2.75) is 37.8 Å². The number of carboxylic acid groups (broad SMARTS) is 1. The summed E-state index contributed by atoms with van der Waals surface area (Å²) in [5, 5.41) is 14.8. The van der Waals surface area contributed by atoms with Gasteiger partial charge in [0.2, 0.25) is 0 Å². The molecule has 0 bridgehead atoms. The fourth-order valence-corrected chi connectivity index (χ4v) is 3.18. The number of aliphatic carboxylic acids is 1. The zero-order valence-corrected chi connectivity index (χ0v) is 14.4. The first kappa shape index (κ1) is 17.5. The van der Waals surface area contributed by atoms with Crippen molar-refractivity contribution in [2.75, 3.05) is 25.5 Å². The van der Waals surface area contributed by atoms with Crippen LogP contribution in [-0.4, -0.2) is 54.3 Å². The Morgan fingerprint density at radius 1 is 1.24 bits per heavy atom. The largest absolute Gasteiger partial charge is 0.497 e. The molecule has 0 unspecified atom stereocenters. The molecule has 0 spiro atoms. The van der Waals surface area contributed by atoms with E-state index < -0.39 is 5.97 Å². The second kappa shape index (κ2) is 7.74. The Morgan fingerprint density at radius 2 is 1.92 bits per heavy atom. The molecular formula is C18H25N3O4. The molecule has 1 aromatic carbocycles. The van der Waals surface area contributed by atoms with Crippen LogP contribution in [0.15, 0.2) is 24.3 Å². The average molecular weight is 347 g/mol. The third-order valence-electron chi connectivity index (χ3n) is 4.84. The van der Waals surface area contributed by atoms with Crippen molar-refractivity contribution < 1.29 is 19.4 Å². The Bertz CT molecular complexity index is 609. The van der Waals surface area contributed by atoms with Crippen LogP contribution in [0.25, 0.3) is 0 Å². The molecule has 2 aliphatic rings. The van der Waals surface area contributed by atoms with Crippen LogP contribution >= 0.6 is 0 Å². The van der Waals surface area contributed by atoms with Gasteiger partial charge in [-0.3, -0.25) is 9.69 Å². The molecule has 2 fully saturated rings. The van der Waals surface area contributed by atoms with E-state index in [0.29, 0.717) is 11.6 Å². The van der Waals surface area contributed by atoms with Gasteiger partial charge in [0.1, 0.15) is 5.75 Å².